The molecule has 0 unspecified atom stereocenters. The van der Waals surface area contributed by atoms with Gasteiger partial charge in [-0.05, 0) is 25.0 Å². The first-order valence-electron chi connectivity index (χ1n) is 6.05. The number of hydrogen-bond donors (Lipinski definition) is 2. The molecule has 1 aliphatic rings. The lowest BCUT2D eigenvalue weighted by Crippen LogP contribution is -2.32. The number of likely N-dealkylation sites (tertiary alicyclic amines) is 1. The average Bonchev–Trinajstić information content (AvgIpc) is 2.89. The standard InChI is InChI=1S/C13H15NO5/c15-9-3-4-10(11(16)7-9)13(18)19-8-12(17)14-5-1-2-6-14/h3-4,7,15-16H,1-2,5-6,8H2. The minimum absolute atomic E-state index is 0.0768. The average molecular weight is 265 g/mol. The van der Waals surface area contributed by atoms with E-state index in [0.717, 1.165) is 18.9 Å². The molecule has 0 atom stereocenters. The SMILES string of the molecule is O=C(OCC(=O)N1CCCC1)c1ccc(O)cc1O. The number of esters is 1. The Bertz CT molecular complexity index is 494. The number of nitrogens with zero attached hydrogens (tertiary/aromatic N) is 1. The summed E-state index contributed by atoms with van der Waals surface area (Å²) >= 11 is 0. The predicted octanol–water partition coefficient (Wildman–Crippen LogP) is 0.877. The monoisotopic (exact) mass is 265 g/mol. The number of ether oxygens (including phenoxy) is 1. The van der Waals surface area contributed by atoms with Crippen molar-refractivity contribution >= 4 is 11.9 Å². The normalized spacial score (nSPS) is 14.4. The fourth-order valence-electron chi connectivity index (χ4n) is 1.96. The molecule has 1 saturated heterocycles. The van der Waals surface area contributed by atoms with Crippen LogP contribution in [0, 0.1) is 0 Å². The summed E-state index contributed by atoms with van der Waals surface area (Å²) in [5.74, 6) is -1.55. The summed E-state index contributed by atoms with van der Waals surface area (Å²) in [6.45, 7) is 1.06. The summed E-state index contributed by atoms with van der Waals surface area (Å²) in [4.78, 5) is 25.0. The van der Waals surface area contributed by atoms with Crippen molar-refractivity contribution in [2.24, 2.45) is 0 Å². The van der Waals surface area contributed by atoms with Crippen LogP contribution in [0.15, 0.2) is 18.2 Å². The molecule has 0 saturated carbocycles. The van der Waals surface area contributed by atoms with Gasteiger partial charge in [0.1, 0.15) is 17.1 Å². The minimum Gasteiger partial charge on any atom is -0.508 e. The number of carbonyl (C=O) groups is 2. The van der Waals surface area contributed by atoms with E-state index in [-0.39, 0.29) is 29.6 Å². The zero-order valence-corrected chi connectivity index (χ0v) is 10.3. The van der Waals surface area contributed by atoms with Gasteiger partial charge in [0.15, 0.2) is 6.61 Å². The Hall–Kier alpha value is -2.24. The van der Waals surface area contributed by atoms with Gasteiger partial charge in [-0.2, -0.15) is 0 Å². The van der Waals surface area contributed by atoms with Gasteiger partial charge in [0.05, 0.1) is 0 Å². The molecule has 1 amide bonds. The number of benzene rings is 1. The molecule has 2 N–H and O–H groups in total. The quantitative estimate of drug-likeness (QED) is 0.792. The van der Waals surface area contributed by atoms with E-state index >= 15 is 0 Å². The molecule has 6 nitrogen and oxygen atoms in total. The van der Waals surface area contributed by atoms with E-state index in [2.05, 4.69) is 0 Å². The summed E-state index contributed by atoms with van der Waals surface area (Å²) in [5, 5.41) is 18.6. The predicted molar refractivity (Wildman–Crippen MR) is 65.9 cm³/mol. The number of carbonyl (C=O) groups excluding carboxylic acids is 2. The van der Waals surface area contributed by atoms with Crippen molar-refractivity contribution in [3.63, 3.8) is 0 Å². The second kappa shape index (κ2) is 5.60. The van der Waals surface area contributed by atoms with Gasteiger partial charge in [-0.3, -0.25) is 4.79 Å². The Morgan fingerprint density at radius 1 is 1.21 bits per heavy atom. The molecular weight excluding hydrogens is 250 g/mol. The van der Waals surface area contributed by atoms with E-state index in [0.29, 0.717) is 13.1 Å². The maximum atomic E-state index is 11.7. The van der Waals surface area contributed by atoms with Gasteiger partial charge < -0.3 is 19.8 Å². The number of rotatable bonds is 3. The third kappa shape index (κ3) is 3.15. The van der Waals surface area contributed by atoms with Crippen LogP contribution in [-0.4, -0.2) is 46.7 Å². The minimum atomic E-state index is -0.787. The fraction of sp³-hybridized carbons (Fsp3) is 0.385. The third-order valence-corrected chi connectivity index (χ3v) is 2.99. The number of amides is 1. The summed E-state index contributed by atoms with van der Waals surface area (Å²) in [5.41, 5.74) is -0.0768. The van der Waals surface area contributed by atoms with Gasteiger partial charge in [0.25, 0.3) is 5.91 Å². The Labute approximate surface area is 110 Å². The second-order valence-corrected chi connectivity index (χ2v) is 4.37. The molecule has 0 aromatic heterocycles. The topological polar surface area (TPSA) is 87.1 Å². The van der Waals surface area contributed by atoms with Gasteiger partial charge in [-0.25, -0.2) is 4.79 Å². The van der Waals surface area contributed by atoms with Crippen molar-refractivity contribution in [3.8, 4) is 11.5 Å². The van der Waals surface area contributed by atoms with Crippen molar-refractivity contribution in [2.75, 3.05) is 19.7 Å². The molecule has 1 aromatic rings. The number of hydrogen-bond acceptors (Lipinski definition) is 5. The Balaban J connectivity index is 1.92. The zero-order chi connectivity index (χ0) is 13.8. The van der Waals surface area contributed by atoms with E-state index in [1.807, 2.05) is 0 Å². The van der Waals surface area contributed by atoms with Gasteiger partial charge in [-0.1, -0.05) is 0 Å². The molecule has 1 aromatic carbocycles. The van der Waals surface area contributed by atoms with Crippen molar-refractivity contribution in [3.05, 3.63) is 23.8 Å². The lowest BCUT2D eigenvalue weighted by molar-refractivity contribution is -0.133. The molecular formula is C13H15NO5. The lowest BCUT2D eigenvalue weighted by Gasteiger charge is -2.15. The van der Waals surface area contributed by atoms with Crippen LogP contribution in [0.3, 0.4) is 0 Å². The lowest BCUT2D eigenvalue weighted by atomic mass is 10.2. The molecule has 0 spiro atoms. The van der Waals surface area contributed by atoms with Crippen LogP contribution in [0.4, 0.5) is 0 Å². The number of phenols is 2. The van der Waals surface area contributed by atoms with Crippen LogP contribution in [0.2, 0.25) is 0 Å². The molecule has 1 fully saturated rings. The molecule has 0 bridgehead atoms. The molecule has 19 heavy (non-hydrogen) atoms. The van der Waals surface area contributed by atoms with Crippen molar-refractivity contribution in [1.29, 1.82) is 0 Å². The second-order valence-electron chi connectivity index (χ2n) is 4.37. The maximum absolute atomic E-state index is 11.7. The van der Waals surface area contributed by atoms with Crippen LogP contribution in [0.1, 0.15) is 23.2 Å². The van der Waals surface area contributed by atoms with Gasteiger partial charge in [0, 0.05) is 19.2 Å². The molecule has 1 aliphatic heterocycles. The third-order valence-electron chi connectivity index (χ3n) is 2.99. The van der Waals surface area contributed by atoms with Crippen LogP contribution in [-0.2, 0) is 9.53 Å². The maximum Gasteiger partial charge on any atom is 0.342 e. The first kappa shape index (κ1) is 13.2. The summed E-state index contributed by atoms with van der Waals surface area (Å²) < 4.78 is 4.85. The smallest absolute Gasteiger partial charge is 0.342 e. The zero-order valence-electron chi connectivity index (χ0n) is 10.3. The van der Waals surface area contributed by atoms with E-state index in [4.69, 9.17) is 9.84 Å². The van der Waals surface area contributed by atoms with Crippen molar-refractivity contribution in [2.45, 2.75) is 12.8 Å². The molecule has 1 heterocycles. The van der Waals surface area contributed by atoms with Gasteiger partial charge >= 0.3 is 5.97 Å². The molecule has 0 radical (unpaired) electrons. The largest absolute Gasteiger partial charge is 0.508 e. The van der Waals surface area contributed by atoms with Crippen molar-refractivity contribution < 1.29 is 24.5 Å². The van der Waals surface area contributed by atoms with E-state index in [1.54, 1.807) is 4.90 Å². The van der Waals surface area contributed by atoms with Crippen LogP contribution < -0.4 is 0 Å². The van der Waals surface area contributed by atoms with Crippen LogP contribution >= 0.6 is 0 Å². The number of aromatic hydroxyl groups is 2. The Morgan fingerprint density at radius 3 is 2.53 bits per heavy atom. The molecule has 102 valence electrons. The first-order valence-corrected chi connectivity index (χ1v) is 6.05. The first-order chi connectivity index (χ1) is 9.08. The molecule has 2 rings (SSSR count). The summed E-state index contributed by atoms with van der Waals surface area (Å²) in [7, 11) is 0. The van der Waals surface area contributed by atoms with Crippen molar-refractivity contribution in [1.82, 2.24) is 4.90 Å². The van der Waals surface area contributed by atoms with Crippen LogP contribution in [0.25, 0.3) is 0 Å². The van der Waals surface area contributed by atoms with Gasteiger partial charge in [0.2, 0.25) is 0 Å². The molecule has 6 heteroatoms. The number of phenolic OH excluding ortho intramolecular Hbond substituents is 2. The Morgan fingerprint density at radius 2 is 1.89 bits per heavy atom. The van der Waals surface area contributed by atoms with E-state index in [9.17, 15) is 14.7 Å². The molecule has 0 aliphatic carbocycles. The highest BCUT2D eigenvalue weighted by atomic mass is 16.5. The van der Waals surface area contributed by atoms with E-state index in [1.165, 1.54) is 12.1 Å². The Kier molecular flexibility index (Phi) is 3.89. The highest BCUT2D eigenvalue weighted by Crippen LogP contribution is 2.23. The van der Waals surface area contributed by atoms with Crippen LogP contribution in [0.5, 0.6) is 11.5 Å². The highest BCUT2D eigenvalue weighted by molar-refractivity contribution is 5.94. The van der Waals surface area contributed by atoms with Gasteiger partial charge in [-0.15, -0.1) is 0 Å². The summed E-state index contributed by atoms with van der Waals surface area (Å²) in [6.07, 6.45) is 1.94. The fourth-order valence-corrected chi connectivity index (χ4v) is 1.96. The summed E-state index contributed by atoms with van der Waals surface area (Å²) in [6, 6.07) is 3.55. The highest BCUT2D eigenvalue weighted by Gasteiger charge is 2.20. The van der Waals surface area contributed by atoms with E-state index < -0.39 is 5.97 Å².